The summed E-state index contributed by atoms with van der Waals surface area (Å²) in [5, 5.41) is 0. The number of halogens is 2. The van der Waals surface area contributed by atoms with Crippen LogP contribution in [-0.2, 0) is 5.54 Å². The minimum absolute atomic E-state index is 0.266. The normalized spacial score (nSPS) is 21.5. The van der Waals surface area contributed by atoms with Gasteiger partial charge in [0.05, 0.1) is 12.1 Å². The second kappa shape index (κ2) is 5.15. The van der Waals surface area contributed by atoms with Crippen LogP contribution in [-0.4, -0.2) is 12.5 Å². The highest BCUT2D eigenvalue weighted by molar-refractivity contribution is 9.10. The number of rotatable bonds is 2. The average Bonchev–Trinajstić information content (AvgIpc) is 2.76. The molecule has 0 fully saturated rings. The number of hydrogen-bond donors (Lipinski definition) is 1. The molecule has 1 heterocycles. The molecule has 0 aromatic heterocycles. The van der Waals surface area contributed by atoms with Gasteiger partial charge in [-0.25, -0.2) is 4.39 Å². The van der Waals surface area contributed by atoms with Crippen molar-refractivity contribution in [1.29, 1.82) is 0 Å². The van der Waals surface area contributed by atoms with Crippen LogP contribution in [0, 0.1) is 5.82 Å². The minimum Gasteiger partial charge on any atom is -0.369 e. The quantitative estimate of drug-likeness (QED) is 0.900. The van der Waals surface area contributed by atoms with Gasteiger partial charge >= 0.3 is 0 Å². The second-order valence-corrected chi connectivity index (χ2v) is 6.16. The van der Waals surface area contributed by atoms with E-state index in [-0.39, 0.29) is 5.82 Å². The molecule has 1 aliphatic heterocycles. The standard InChI is InChI=1S/C16H15BrFN3/c1-16(13-8-7-11(17)9-14(13)18)10-20-15(19)21(16)12-5-3-2-4-6-12/h2-9H,10H2,1H3,(H2,19,20). The van der Waals surface area contributed by atoms with Gasteiger partial charge in [0.15, 0.2) is 5.96 Å². The van der Waals surface area contributed by atoms with E-state index in [1.54, 1.807) is 6.07 Å². The average molecular weight is 348 g/mol. The molecule has 1 unspecified atom stereocenters. The monoisotopic (exact) mass is 347 g/mol. The van der Waals surface area contributed by atoms with Crippen molar-refractivity contribution in [3.63, 3.8) is 0 Å². The minimum atomic E-state index is -0.629. The molecule has 0 saturated heterocycles. The Bertz CT molecular complexity index is 702. The van der Waals surface area contributed by atoms with Crippen LogP contribution in [0.1, 0.15) is 12.5 Å². The summed E-state index contributed by atoms with van der Waals surface area (Å²) in [4.78, 5) is 6.22. The van der Waals surface area contributed by atoms with Crippen LogP contribution >= 0.6 is 15.9 Å². The van der Waals surface area contributed by atoms with Crippen molar-refractivity contribution in [3.8, 4) is 0 Å². The number of guanidine groups is 1. The molecule has 2 N–H and O–H groups in total. The fourth-order valence-corrected chi connectivity index (χ4v) is 3.09. The van der Waals surface area contributed by atoms with Crippen molar-refractivity contribution >= 4 is 27.6 Å². The third-order valence-corrected chi connectivity index (χ3v) is 4.29. The molecule has 5 heteroatoms. The molecule has 0 spiro atoms. The van der Waals surface area contributed by atoms with Gasteiger partial charge in [0.1, 0.15) is 5.82 Å². The molecular formula is C16H15BrFN3. The first-order valence-electron chi connectivity index (χ1n) is 6.63. The van der Waals surface area contributed by atoms with E-state index in [1.807, 2.05) is 48.2 Å². The lowest BCUT2D eigenvalue weighted by Crippen LogP contribution is -2.48. The van der Waals surface area contributed by atoms with Crippen LogP contribution in [0.15, 0.2) is 58.0 Å². The zero-order chi connectivity index (χ0) is 15.0. The topological polar surface area (TPSA) is 41.6 Å². The van der Waals surface area contributed by atoms with Crippen LogP contribution in [0.5, 0.6) is 0 Å². The molecular weight excluding hydrogens is 333 g/mol. The Morgan fingerprint density at radius 1 is 1.24 bits per heavy atom. The maximum Gasteiger partial charge on any atom is 0.196 e. The van der Waals surface area contributed by atoms with Crippen molar-refractivity contribution in [2.75, 3.05) is 11.4 Å². The molecule has 3 rings (SSSR count). The van der Waals surface area contributed by atoms with Crippen LogP contribution in [0.25, 0.3) is 0 Å². The second-order valence-electron chi connectivity index (χ2n) is 5.24. The molecule has 1 aliphatic rings. The lowest BCUT2D eigenvalue weighted by atomic mass is 9.90. The molecule has 2 aromatic rings. The van der Waals surface area contributed by atoms with Gasteiger partial charge in [-0.15, -0.1) is 0 Å². The molecule has 1 atom stereocenters. The molecule has 3 nitrogen and oxygen atoms in total. The number of para-hydroxylation sites is 1. The maximum atomic E-state index is 14.4. The number of nitrogens with zero attached hydrogens (tertiary/aromatic N) is 2. The number of benzene rings is 2. The van der Waals surface area contributed by atoms with E-state index >= 15 is 0 Å². The molecule has 0 radical (unpaired) electrons. The number of hydrogen-bond acceptors (Lipinski definition) is 3. The van der Waals surface area contributed by atoms with Crippen molar-refractivity contribution < 1.29 is 4.39 Å². The Morgan fingerprint density at radius 3 is 2.62 bits per heavy atom. The van der Waals surface area contributed by atoms with Crippen molar-refractivity contribution in [2.24, 2.45) is 10.7 Å². The zero-order valence-corrected chi connectivity index (χ0v) is 13.1. The summed E-state index contributed by atoms with van der Waals surface area (Å²) < 4.78 is 15.1. The van der Waals surface area contributed by atoms with Gasteiger partial charge in [-0.2, -0.15) is 0 Å². The third-order valence-electron chi connectivity index (χ3n) is 3.80. The highest BCUT2D eigenvalue weighted by Gasteiger charge is 2.42. The van der Waals surface area contributed by atoms with Gasteiger partial charge < -0.3 is 10.6 Å². The number of anilines is 1. The molecule has 0 amide bonds. The Hall–Kier alpha value is -1.88. The summed E-state index contributed by atoms with van der Waals surface area (Å²) in [5.41, 5.74) is 6.91. The predicted octanol–water partition coefficient (Wildman–Crippen LogP) is 3.64. The highest BCUT2D eigenvalue weighted by atomic mass is 79.9. The van der Waals surface area contributed by atoms with E-state index in [0.29, 0.717) is 22.5 Å². The molecule has 0 bridgehead atoms. The van der Waals surface area contributed by atoms with Gasteiger partial charge in [0, 0.05) is 15.7 Å². The lowest BCUT2D eigenvalue weighted by Gasteiger charge is -2.36. The van der Waals surface area contributed by atoms with Crippen LogP contribution in [0.3, 0.4) is 0 Å². The molecule has 108 valence electrons. The van der Waals surface area contributed by atoms with E-state index < -0.39 is 5.54 Å². The van der Waals surface area contributed by atoms with Gasteiger partial charge in [-0.3, -0.25) is 4.99 Å². The van der Waals surface area contributed by atoms with Gasteiger partial charge in [-0.05, 0) is 31.2 Å². The molecule has 0 saturated carbocycles. The largest absolute Gasteiger partial charge is 0.369 e. The summed E-state index contributed by atoms with van der Waals surface area (Å²) in [6.45, 7) is 2.38. The highest BCUT2D eigenvalue weighted by Crippen LogP contribution is 2.38. The van der Waals surface area contributed by atoms with E-state index in [0.717, 1.165) is 5.69 Å². The Kier molecular flexibility index (Phi) is 3.45. The van der Waals surface area contributed by atoms with Crippen LogP contribution in [0.4, 0.5) is 10.1 Å². The SMILES string of the molecule is CC1(c2ccc(Br)cc2F)CN=C(N)N1c1ccccc1. The molecule has 0 aliphatic carbocycles. The first kappa shape index (κ1) is 14.1. The summed E-state index contributed by atoms with van der Waals surface area (Å²) in [6, 6.07) is 14.8. The van der Waals surface area contributed by atoms with E-state index in [4.69, 9.17) is 5.73 Å². The molecule has 2 aromatic carbocycles. The van der Waals surface area contributed by atoms with E-state index in [1.165, 1.54) is 6.07 Å². The first-order valence-corrected chi connectivity index (χ1v) is 7.42. The van der Waals surface area contributed by atoms with E-state index in [2.05, 4.69) is 20.9 Å². The Balaban J connectivity index is 2.11. The van der Waals surface area contributed by atoms with Crippen LogP contribution < -0.4 is 10.6 Å². The van der Waals surface area contributed by atoms with E-state index in [9.17, 15) is 4.39 Å². The smallest absolute Gasteiger partial charge is 0.196 e. The maximum absolute atomic E-state index is 14.4. The first-order chi connectivity index (χ1) is 10.0. The Morgan fingerprint density at radius 2 is 1.95 bits per heavy atom. The summed E-state index contributed by atoms with van der Waals surface area (Å²) in [5.74, 6) is 0.142. The fraction of sp³-hybridized carbons (Fsp3) is 0.188. The third kappa shape index (κ3) is 2.31. The van der Waals surface area contributed by atoms with Crippen molar-refractivity contribution in [1.82, 2.24) is 0 Å². The van der Waals surface area contributed by atoms with Gasteiger partial charge in [0.2, 0.25) is 0 Å². The number of aliphatic imine (C=N–C) groups is 1. The summed E-state index contributed by atoms with van der Waals surface area (Å²) in [7, 11) is 0. The van der Waals surface area contributed by atoms with Crippen molar-refractivity contribution in [2.45, 2.75) is 12.5 Å². The van der Waals surface area contributed by atoms with Crippen molar-refractivity contribution in [3.05, 3.63) is 64.4 Å². The molecule has 21 heavy (non-hydrogen) atoms. The summed E-state index contributed by atoms with van der Waals surface area (Å²) in [6.07, 6.45) is 0. The van der Waals surface area contributed by atoms with Crippen LogP contribution in [0.2, 0.25) is 0 Å². The lowest BCUT2D eigenvalue weighted by molar-refractivity contribution is 0.488. The zero-order valence-electron chi connectivity index (χ0n) is 11.6. The summed E-state index contributed by atoms with van der Waals surface area (Å²) >= 11 is 3.29. The number of nitrogens with two attached hydrogens (primary N) is 1. The fourth-order valence-electron chi connectivity index (χ4n) is 2.76. The predicted molar refractivity (Wildman–Crippen MR) is 86.9 cm³/mol. The van der Waals surface area contributed by atoms with Gasteiger partial charge in [-0.1, -0.05) is 40.2 Å². The Labute approximate surface area is 131 Å². The van der Waals surface area contributed by atoms with Gasteiger partial charge in [0.25, 0.3) is 0 Å².